The van der Waals surface area contributed by atoms with E-state index in [4.69, 9.17) is 0 Å². The average Bonchev–Trinajstić information content (AvgIpc) is 3.22. The highest BCUT2D eigenvalue weighted by atomic mass is 16.1. The minimum atomic E-state index is -0.162. The Labute approximate surface area is 197 Å². The first-order valence-corrected chi connectivity index (χ1v) is 11.6. The molecule has 34 heavy (non-hydrogen) atoms. The summed E-state index contributed by atoms with van der Waals surface area (Å²) < 4.78 is 1.76. The Balaban J connectivity index is 1.41. The molecule has 170 valence electrons. The van der Waals surface area contributed by atoms with Gasteiger partial charge in [-0.05, 0) is 60.1 Å². The molecule has 1 saturated heterocycles. The van der Waals surface area contributed by atoms with Crippen molar-refractivity contribution in [3.05, 3.63) is 89.2 Å². The largest absolute Gasteiger partial charge is 0.331 e. The first kappa shape index (κ1) is 20.8. The van der Waals surface area contributed by atoms with Crippen LogP contribution in [0.3, 0.4) is 0 Å². The minimum absolute atomic E-state index is 0.162. The van der Waals surface area contributed by atoms with Gasteiger partial charge in [0.2, 0.25) is 0 Å². The Hall–Kier alpha value is -3.81. The van der Waals surface area contributed by atoms with E-state index in [1.165, 1.54) is 5.56 Å². The van der Waals surface area contributed by atoms with Crippen LogP contribution < -0.4 is 5.69 Å². The monoisotopic (exact) mass is 450 g/mol. The van der Waals surface area contributed by atoms with Crippen molar-refractivity contribution in [2.75, 3.05) is 33.2 Å². The molecule has 1 fully saturated rings. The maximum Gasteiger partial charge on any atom is 0.331 e. The second-order valence-corrected chi connectivity index (χ2v) is 9.00. The number of H-pyrrole nitrogens is 1. The second-order valence-electron chi connectivity index (χ2n) is 9.00. The molecule has 7 heteroatoms. The number of aromatic nitrogens is 4. The van der Waals surface area contributed by atoms with Crippen LogP contribution >= 0.6 is 0 Å². The van der Waals surface area contributed by atoms with Crippen molar-refractivity contribution < 1.29 is 0 Å². The Morgan fingerprint density at radius 2 is 1.68 bits per heavy atom. The molecule has 0 atom stereocenters. The van der Waals surface area contributed by atoms with Gasteiger partial charge in [-0.2, -0.15) is 0 Å². The van der Waals surface area contributed by atoms with Crippen LogP contribution in [-0.4, -0.2) is 62.5 Å². The number of aromatic amines is 1. The number of nitrogens with one attached hydrogen (secondary N) is 1. The van der Waals surface area contributed by atoms with E-state index in [1.54, 1.807) is 23.2 Å². The van der Waals surface area contributed by atoms with E-state index >= 15 is 0 Å². The van der Waals surface area contributed by atoms with E-state index in [-0.39, 0.29) is 5.69 Å². The summed E-state index contributed by atoms with van der Waals surface area (Å²) in [5.74, 6) is 0. The van der Waals surface area contributed by atoms with Gasteiger partial charge in [0.25, 0.3) is 0 Å². The van der Waals surface area contributed by atoms with E-state index in [9.17, 15) is 4.79 Å². The number of nitrogens with zero attached hydrogens (tertiary/aromatic N) is 5. The molecule has 0 aliphatic carbocycles. The fourth-order valence-corrected chi connectivity index (χ4v) is 4.77. The number of pyridine rings is 2. The van der Waals surface area contributed by atoms with E-state index < -0.39 is 0 Å². The van der Waals surface area contributed by atoms with Crippen molar-refractivity contribution in [3.63, 3.8) is 0 Å². The van der Waals surface area contributed by atoms with Gasteiger partial charge in [0.1, 0.15) is 0 Å². The van der Waals surface area contributed by atoms with Gasteiger partial charge in [-0.3, -0.25) is 19.4 Å². The number of fused-ring (bicyclic) bond motifs is 3. The lowest BCUT2D eigenvalue weighted by Gasteiger charge is -2.32. The minimum Gasteiger partial charge on any atom is -0.304 e. The van der Waals surface area contributed by atoms with E-state index in [0.29, 0.717) is 0 Å². The van der Waals surface area contributed by atoms with Crippen LogP contribution in [0.15, 0.2) is 78.0 Å². The summed E-state index contributed by atoms with van der Waals surface area (Å²) in [6.07, 6.45) is 5.31. The van der Waals surface area contributed by atoms with Crippen molar-refractivity contribution in [1.29, 1.82) is 0 Å². The molecule has 1 aliphatic rings. The smallest absolute Gasteiger partial charge is 0.304 e. The molecule has 6 rings (SSSR count). The molecule has 3 aromatic heterocycles. The third-order valence-corrected chi connectivity index (χ3v) is 6.72. The number of likely N-dealkylation sites (N-methyl/N-ethyl adjacent to an activating group) is 1. The number of hydrogen-bond acceptors (Lipinski definition) is 5. The Morgan fingerprint density at radius 1 is 0.912 bits per heavy atom. The number of imidazole rings is 1. The van der Waals surface area contributed by atoms with Crippen molar-refractivity contribution in [2.24, 2.45) is 0 Å². The molecule has 0 spiro atoms. The zero-order valence-corrected chi connectivity index (χ0v) is 19.1. The van der Waals surface area contributed by atoms with Crippen molar-refractivity contribution >= 4 is 21.9 Å². The predicted molar refractivity (Wildman–Crippen MR) is 135 cm³/mol. The van der Waals surface area contributed by atoms with Crippen molar-refractivity contribution in [2.45, 2.75) is 6.54 Å². The SMILES string of the molecule is CN1CCN(Cc2ccc(-n3c(=O)[nH]c4cnc5ccc(-c6ccncc6)cc5c43)cc2)CC1. The molecule has 0 bridgehead atoms. The standard InChI is InChI=1S/C27H26N6O/c1-31-12-14-32(15-13-31)18-19-2-5-22(6-3-19)33-26-23-16-21(20-8-10-28-11-9-20)4-7-24(23)29-17-25(26)30-27(33)34/h2-11,16-17H,12-15,18H2,1H3,(H,30,34). The van der Waals surface area contributed by atoms with Crippen LogP contribution in [0.4, 0.5) is 0 Å². The third-order valence-electron chi connectivity index (χ3n) is 6.72. The Bertz CT molecular complexity index is 1510. The summed E-state index contributed by atoms with van der Waals surface area (Å²) in [5, 5.41) is 0.937. The molecule has 1 aliphatic heterocycles. The first-order chi connectivity index (χ1) is 16.7. The van der Waals surface area contributed by atoms with E-state index in [2.05, 4.69) is 56.1 Å². The molecule has 5 aromatic rings. The van der Waals surface area contributed by atoms with Gasteiger partial charge in [0.15, 0.2) is 0 Å². The normalized spacial score (nSPS) is 15.3. The fourth-order valence-electron chi connectivity index (χ4n) is 4.77. The number of rotatable bonds is 4. The van der Waals surface area contributed by atoms with Crippen molar-refractivity contribution in [1.82, 2.24) is 29.3 Å². The molecule has 2 aromatic carbocycles. The van der Waals surface area contributed by atoms with Crippen LogP contribution in [0.25, 0.3) is 38.8 Å². The summed E-state index contributed by atoms with van der Waals surface area (Å²) in [5.41, 5.74) is 6.50. The number of hydrogen-bond donors (Lipinski definition) is 1. The molecule has 0 unspecified atom stereocenters. The van der Waals surface area contributed by atoms with Gasteiger partial charge in [-0.15, -0.1) is 0 Å². The fraction of sp³-hybridized carbons (Fsp3) is 0.222. The second kappa shape index (κ2) is 8.52. The molecule has 7 nitrogen and oxygen atoms in total. The highest BCUT2D eigenvalue weighted by molar-refractivity contribution is 6.04. The molecule has 0 amide bonds. The van der Waals surface area contributed by atoms with Gasteiger partial charge in [-0.25, -0.2) is 4.79 Å². The molecular weight excluding hydrogens is 424 g/mol. The van der Waals surface area contributed by atoms with Crippen LogP contribution in [0, 0.1) is 0 Å². The molecule has 0 saturated carbocycles. The molecule has 0 radical (unpaired) electrons. The zero-order valence-electron chi connectivity index (χ0n) is 19.1. The first-order valence-electron chi connectivity index (χ1n) is 11.6. The summed E-state index contributed by atoms with van der Waals surface area (Å²) in [7, 11) is 2.17. The van der Waals surface area contributed by atoms with Gasteiger partial charge in [0.05, 0.1) is 28.4 Å². The number of benzene rings is 2. The van der Waals surface area contributed by atoms with Gasteiger partial charge in [-0.1, -0.05) is 18.2 Å². The van der Waals surface area contributed by atoms with E-state index in [1.807, 2.05) is 30.3 Å². The maximum atomic E-state index is 13.0. The summed E-state index contributed by atoms with van der Waals surface area (Å²) in [6.45, 7) is 5.30. The lowest BCUT2D eigenvalue weighted by molar-refractivity contribution is 0.148. The average molecular weight is 451 g/mol. The van der Waals surface area contributed by atoms with Gasteiger partial charge in [0, 0.05) is 50.5 Å². The third kappa shape index (κ3) is 3.79. The highest BCUT2D eigenvalue weighted by Crippen LogP contribution is 2.29. The zero-order chi connectivity index (χ0) is 23.1. The Morgan fingerprint density at radius 3 is 2.44 bits per heavy atom. The van der Waals surface area contributed by atoms with E-state index in [0.717, 1.165) is 71.5 Å². The van der Waals surface area contributed by atoms with Gasteiger partial charge < -0.3 is 9.88 Å². The summed E-state index contributed by atoms with van der Waals surface area (Å²) >= 11 is 0. The quantitative estimate of drug-likeness (QED) is 0.452. The number of piperazine rings is 1. The van der Waals surface area contributed by atoms with Gasteiger partial charge >= 0.3 is 5.69 Å². The topological polar surface area (TPSA) is 70.0 Å². The van der Waals surface area contributed by atoms with Crippen LogP contribution in [0.2, 0.25) is 0 Å². The summed E-state index contributed by atoms with van der Waals surface area (Å²) in [6, 6.07) is 18.5. The lowest BCUT2D eigenvalue weighted by atomic mass is 10.0. The Kier molecular flexibility index (Phi) is 5.20. The van der Waals surface area contributed by atoms with Crippen molar-refractivity contribution in [3.8, 4) is 16.8 Å². The van der Waals surface area contributed by atoms with Crippen LogP contribution in [0.1, 0.15) is 5.56 Å². The molecular formula is C27H26N6O. The summed E-state index contributed by atoms with van der Waals surface area (Å²) in [4.78, 5) is 29.5. The van der Waals surface area contributed by atoms with Crippen LogP contribution in [-0.2, 0) is 6.54 Å². The lowest BCUT2D eigenvalue weighted by Crippen LogP contribution is -2.43. The molecule has 4 heterocycles. The highest BCUT2D eigenvalue weighted by Gasteiger charge is 2.16. The predicted octanol–water partition coefficient (Wildman–Crippen LogP) is 3.68. The molecule has 1 N–H and O–H groups in total. The maximum absolute atomic E-state index is 13.0. The van der Waals surface area contributed by atoms with Crippen LogP contribution in [0.5, 0.6) is 0 Å².